The van der Waals surface area contributed by atoms with Crippen molar-refractivity contribution in [3.63, 3.8) is 0 Å². The van der Waals surface area contributed by atoms with Crippen molar-refractivity contribution < 1.29 is 4.39 Å². The molecule has 0 aliphatic carbocycles. The van der Waals surface area contributed by atoms with E-state index < -0.39 is 0 Å². The average molecular weight is 227 g/mol. The Morgan fingerprint density at radius 1 is 1.27 bits per heavy atom. The molecule has 0 heterocycles. The fraction of sp³-hybridized carbons (Fsp3) is 0.500. The van der Waals surface area contributed by atoms with Gasteiger partial charge in [0.1, 0.15) is 5.82 Å². The summed E-state index contributed by atoms with van der Waals surface area (Å²) in [5.41, 5.74) is 0.752. The van der Waals surface area contributed by atoms with Crippen molar-refractivity contribution in [1.82, 2.24) is 5.32 Å². The molecule has 0 saturated carbocycles. The fourth-order valence-electron chi connectivity index (χ4n) is 1.36. The predicted molar refractivity (Wildman–Crippen MR) is 65.7 cm³/mol. The fourth-order valence-corrected chi connectivity index (χ4v) is 1.85. The summed E-state index contributed by atoms with van der Waals surface area (Å²) >= 11 is 1.87. The van der Waals surface area contributed by atoms with Crippen molar-refractivity contribution in [1.29, 1.82) is 0 Å². The predicted octanol–water partition coefficient (Wildman–Crippen LogP) is 3.06. The van der Waals surface area contributed by atoms with Gasteiger partial charge in [-0.1, -0.05) is 18.2 Å². The van der Waals surface area contributed by atoms with E-state index in [1.807, 2.05) is 23.9 Å². The van der Waals surface area contributed by atoms with Gasteiger partial charge in [-0.05, 0) is 37.5 Å². The van der Waals surface area contributed by atoms with Gasteiger partial charge in [0, 0.05) is 12.1 Å². The second-order valence-corrected chi connectivity index (χ2v) is 4.45. The highest BCUT2D eigenvalue weighted by molar-refractivity contribution is 7.98. The molecular weight excluding hydrogens is 209 g/mol. The third-order valence-electron chi connectivity index (χ3n) is 2.23. The molecule has 0 spiro atoms. The van der Waals surface area contributed by atoms with Gasteiger partial charge >= 0.3 is 0 Å². The zero-order chi connectivity index (χ0) is 10.9. The van der Waals surface area contributed by atoms with Gasteiger partial charge in [0.05, 0.1) is 0 Å². The smallest absolute Gasteiger partial charge is 0.127 e. The minimum Gasteiger partial charge on any atom is -0.313 e. The van der Waals surface area contributed by atoms with Crippen LogP contribution in [0.2, 0.25) is 0 Å². The van der Waals surface area contributed by atoms with E-state index in [1.165, 1.54) is 18.2 Å². The van der Waals surface area contributed by atoms with E-state index in [4.69, 9.17) is 0 Å². The molecule has 15 heavy (non-hydrogen) atoms. The number of thioether (sulfide) groups is 1. The van der Waals surface area contributed by atoms with E-state index in [9.17, 15) is 4.39 Å². The Kier molecular flexibility index (Phi) is 6.44. The highest BCUT2D eigenvalue weighted by Gasteiger charge is 1.98. The number of hydrogen-bond donors (Lipinski definition) is 1. The number of unbranched alkanes of at least 4 members (excludes halogenated alkanes) is 1. The SMILES string of the molecule is CSCCCCNCc1ccccc1F. The summed E-state index contributed by atoms with van der Waals surface area (Å²) in [7, 11) is 0. The molecule has 0 aliphatic rings. The van der Waals surface area contributed by atoms with Crippen molar-refractivity contribution >= 4 is 11.8 Å². The van der Waals surface area contributed by atoms with Crippen LogP contribution in [0, 0.1) is 5.82 Å². The van der Waals surface area contributed by atoms with E-state index in [2.05, 4.69) is 11.6 Å². The van der Waals surface area contributed by atoms with E-state index in [0.717, 1.165) is 18.5 Å². The van der Waals surface area contributed by atoms with Gasteiger partial charge in [-0.2, -0.15) is 11.8 Å². The maximum absolute atomic E-state index is 13.2. The molecule has 1 aromatic carbocycles. The number of halogens is 1. The second kappa shape index (κ2) is 7.71. The Hall–Kier alpha value is -0.540. The van der Waals surface area contributed by atoms with Crippen LogP contribution in [0.5, 0.6) is 0 Å². The molecule has 84 valence electrons. The molecule has 0 saturated heterocycles. The standard InChI is InChI=1S/C12H18FNS/c1-15-9-5-4-8-14-10-11-6-2-3-7-12(11)13/h2-3,6-7,14H,4-5,8-10H2,1H3. The van der Waals surface area contributed by atoms with Crippen LogP contribution in [0.3, 0.4) is 0 Å². The molecule has 0 radical (unpaired) electrons. The number of hydrogen-bond acceptors (Lipinski definition) is 2. The third kappa shape index (κ3) is 5.19. The summed E-state index contributed by atoms with van der Waals surface area (Å²) in [6, 6.07) is 6.92. The molecule has 0 bridgehead atoms. The molecule has 1 nitrogen and oxygen atoms in total. The highest BCUT2D eigenvalue weighted by atomic mass is 32.2. The molecule has 0 aliphatic heterocycles. The Balaban J connectivity index is 2.12. The minimum absolute atomic E-state index is 0.117. The normalized spacial score (nSPS) is 10.5. The first-order chi connectivity index (χ1) is 7.34. The van der Waals surface area contributed by atoms with Crippen LogP contribution in [-0.4, -0.2) is 18.6 Å². The van der Waals surface area contributed by atoms with Crippen LogP contribution in [0.25, 0.3) is 0 Å². The van der Waals surface area contributed by atoms with Crippen molar-refractivity contribution in [3.05, 3.63) is 35.6 Å². The molecule has 1 N–H and O–H groups in total. The van der Waals surface area contributed by atoms with Crippen molar-refractivity contribution in [3.8, 4) is 0 Å². The van der Waals surface area contributed by atoms with Gasteiger partial charge in [0.2, 0.25) is 0 Å². The first-order valence-corrected chi connectivity index (χ1v) is 6.67. The summed E-state index contributed by atoms with van der Waals surface area (Å²) in [6.45, 7) is 1.60. The zero-order valence-corrected chi connectivity index (χ0v) is 9.95. The Labute approximate surface area is 95.5 Å². The van der Waals surface area contributed by atoms with Crippen molar-refractivity contribution in [2.45, 2.75) is 19.4 Å². The Morgan fingerprint density at radius 3 is 2.80 bits per heavy atom. The Morgan fingerprint density at radius 2 is 2.07 bits per heavy atom. The molecule has 3 heteroatoms. The van der Waals surface area contributed by atoms with Crippen LogP contribution < -0.4 is 5.32 Å². The largest absolute Gasteiger partial charge is 0.313 e. The third-order valence-corrected chi connectivity index (χ3v) is 2.92. The Bertz CT molecular complexity index is 278. The van der Waals surface area contributed by atoms with E-state index in [-0.39, 0.29) is 5.82 Å². The molecule has 0 amide bonds. The number of nitrogens with one attached hydrogen (secondary N) is 1. The van der Waals surface area contributed by atoms with Crippen LogP contribution in [0.4, 0.5) is 4.39 Å². The molecule has 0 aromatic heterocycles. The lowest BCUT2D eigenvalue weighted by molar-refractivity contribution is 0.580. The van der Waals surface area contributed by atoms with Gasteiger partial charge in [-0.25, -0.2) is 4.39 Å². The van der Waals surface area contributed by atoms with Crippen LogP contribution in [0.15, 0.2) is 24.3 Å². The van der Waals surface area contributed by atoms with Gasteiger partial charge < -0.3 is 5.32 Å². The van der Waals surface area contributed by atoms with Gasteiger partial charge in [-0.15, -0.1) is 0 Å². The lowest BCUT2D eigenvalue weighted by atomic mass is 10.2. The summed E-state index contributed by atoms with van der Waals surface area (Å²) in [5, 5.41) is 3.25. The summed E-state index contributed by atoms with van der Waals surface area (Å²) < 4.78 is 13.2. The van der Waals surface area contributed by atoms with E-state index in [0.29, 0.717) is 6.54 Å². The van der Waals surface area contributed by atoms with Gasteiger partial charge in [-0.3, -0.25) is 0 Å². The van der Waals surface area contributed by atoms with E-state index in [1.54, 1.807) is 6.07 Å². The highest BCUT2D eigenvalue weighted by Crippen LogP contribution is 2.05. The maximum atomic E-state index is 13.2. The zero-order valence-electron chi connectivity index (χ0n) is 9.13. The molecular formula is C12H18FNS. The van der Waals surface area contributed by atoms with Crippen molar-refractivity contribution in [2.24, 2.45) is 0 Å². The van der Waals surface area contributed by atoms with Gasteiger partial charge in [0.15, 0.2) is 0 Å². The van der Waals surface area contributed by atoms with Crippen LogP contribution >= 0.6 is 11.8 Å². The van der Waals surface area contributed by atoms with E-state index >= 15 is 0 Å². The molecule has 0 atom stereocenters. The topological polar surface area (TPSA) is 12.0 Å². The second-order valence-electron chi connectivity index (χ2n) is 3.47. The van der Waals surface area contributed by atoms with Gasteiger partial charge in [0.25, 0.3) is 0 Å². The molecule has 0 fully saturated rings. The first-order valence-electron chi connectivity index (χ1n) is 5.27. The quantitative estimate of drug-likeness (QED) is 0.718. The lowest BCUT2D eigenvalue weighted by Gasteiger charge is -2.05. The molecule has 1 rings (SSSR count). The van der Waals surface area contributed by atoms with Crippen molar-refractivity contribution in [2.75, 3.05) is 18.6 Å². The summed E-state index contributed by atoms with van der Waals surface area (Å²) in [4.78, 5) is 0. The first kappa shape index (κ1) is 12.5. The summed E-state index contributed by atoms with van der Waals surface area (Å²) in [5.74, 6) is 1.09. The van der Waals surface area contributed by atoms with Crippen LogP contribution in [0.1, 0.15) is 18.4 Å². The molecule has 0 unspecified atom stereocenters. The monoisotopic (exact) mass is 227 g/mol. The number of rotatable bonds is 7. The minimum atomic E-state index is -0.117. The summed E-state index contributed by atoms with van der Waals surface area (Å²) in [6.07, 6.45) is 4.51. The van der Waals surface area contributed by atoms with Crippen LogP contribution in [-0.2, 0) is 6.54 Å². The number of benzene rings is 1. The molecule has 1 aromatic rings. The maximum Gasteiger partial charge on any atom is 0.127 e. The average Bonchev–Trinajstić information content (AvgIpc) is 2.25. The lowest BCUT2D eigenvalue weighted by Crippen LogP contribution is -2.15.